The Hall–Kier alpha value is -1.06. The summed E-state index contributed by atoms with van der Waals surface area (Å²) in [5.74, 6) is 1.02. The van der Waals surface area contributed by atoms with Gasteiger partial charge in [-0.2, -0.15) is 0 Å². The largest absolute Gasteiger partial charge is 0.492 e. The number of carbonyl (C=O) groups is 1. The molecule has 116 valence electrons. The van der Waals surface area contributed by atoms with Gasteiger partial charge in [-0.05, 0) is 30.5 Å². The lowest BCUT2D eigenvalue weighted by Crippen LogP contribution is -2.11. The molecule has 2 rings (SSSR count). The van der Waals surface area contributed by atoms with Crippen LogP contribution in [0.25, 0.3) is 0 Å². The summed E-state index contributed by atoms with van der Waals surface area (Å²) in [6.45, 7) is 1.23. The third kappa shape index (κ3) is 4.72. The third-order valence-electron chi connectivity index (χ3n) is 3.91. The molecule has 1 aliphatic carbocycles. The highest BCUT2D eigenvalue weighted by atomic mass is 35.5. The van der Waals surface area contributed by atoms with Gasteiger partial charge in [0.15, 0.2) is 0 Å². The van der Waals surface area contributed by atoms with Gasteiger partial charge in [0.25, 0.3) is 0 Å². The fraction of sp³-hybridized carbons (Fsp3) is 0.588. The Bertz CT molecular complexity index is 473. The van der Waals surface area contributed by atoms with Crippen LogP contribution in [0.4, 0.5) is 0 Å². The second-order valence-electron chi connectivity index (χ2n) is 5.50. The fourth-order valence-corrected chi connectivity index (χ4v) is 2.92. The van der Waals surface area contributed by atoms with Crippen molar-refractivity contribution in [3.8, 4) is 5.75 Å². The number of methoxy groups -OCH3 is 1. The summed E-state index contributed by atoms with van der Waals surface area (Å²) in [5, 5.41) is 0.595. The van der Waals surface area contributed by atoms with Crippen molar-refractivity contribution < 1.29 is 14.3 Å². The van der Waals surface area contributed by atoms with Gasteiger partial charge in [0.05, 0.1) is 11.6 Å². The van der Waals surface area contributed by atoms with E-state index in [0.717, 1.165) is 37.7 Å². The van der Waals surface area contributed by atoms with Crippen LogP contribution in [0.1, 0.15) is 50.0 Å². The fourth-order valence-electron chi connectivity index (χ4n) is 2.74. The minimum atomic E-state index is 0.00564. The molecule has 0 amide bonds. The number of ether oxygens (including phenoxy) is 2. The molecule has 0 bridgehead atoms. The van der Waals surface area contributed by atoms with E-state index in [2.05, 4.69) is 0 Å². The maximum Gasteiger partial charge on any atom is 0.140 e. The monoisotopic (exact) mass is 310 g/mol. The highest BCUT2D eigenvalue weighted by Crippen LogP contribution is 2.34. The molecule has 0 aromatic heterocycles. The quantitative estimate of drug-likeness (QED) is 0.578. The Morgan fingerprint density at radius 2 is 2.10 bits per heavy atom. The molecule has 3 nitrogen and oxygen atoms in total. The molecule has 0 spiro atoms. The number of halogens is 1. The summed E-state index contributed by atoms with van der Waals surface area (Å²) in [6.07, 6.45) is 5.73. The van der Waals surface area contributed by atoms with Crippen LogP contribution in [0.15, 0.2) is 18.2 Å². The molecule has 0 aliphatic heterocycles. The van der Waals surface area contributed by atoms with Crippen molar-refractivity contribution in [1.29, 1.82) is 0 Å². The first-order chi connectivity index (χ1) is 10.2. The summed E-state index contributed by atoms with van der Waals surface area (Å²) in [5.41, 5.74) is 1.04. The Morgan fingerprint density at radius 1 is 1.24 bits per heavy atom. The van der Waals surface area contributed by atoms with Crippen molar-refractivity contribution in [2.45, 2.75) is 44.4 Å². The SMILES string of the molecule is COCCCOc1cc(C2CCCCCC2=O)ccc1Cl. The second-order valence-corrected chi connectivity index (χ2v) is 5.91. The normalized spacial score (nSPS) is 19.3. The number of benzene rings is 1. The number of Topliss-reactive ketones (excluding diaryl/α,β-unsaturated/α-hetero) is 1. The van der Waals surface area contributed by atoms with Crippen LogP contribution < -0.4 is 4.74 Å². The van der Waals surface area contributed by atoms with E-state index < -0.39 is 0 Å². The van der Waals surface area contributed by atoms with Crippen molar-refractivity contribution in [3.63, 3.8) is 0 Å². The molecular weight excluding hydrogens is 288 g/mol. The molecule has 1 atom stereocenters. The van der Waals surface area contributed by atoms with Crippen LogP contribution >= 0.6 is 11.6 Å². The Labute approximate surface area is 131 Å². The van der Waals surface area contributed by atoms with E-state index in [4.69, 9.17) is 21.1 Å². The summed E-state index contributed by atoms with van der Waals surface area (Å²) < 4.78 is 10.7. The zero-order valence-electron chi connectivity index (χ0n) is 12.6. The number of ketones is 1. The topological polar surface area (TPSA) is 35.5 Å². The first-order valence-electron chi connectivity index (χ1n) is 7.66. The van der Waals surface area contributed by atoms with Crippen molar-refractivity contribution >= 4 is 17.4 Å². The van der Waals surface area contributed by atoms with Crippen LogP contribution in [-0.4, -0.2) is 26.1 Å². The average Bonchev–Trinajstić information content (AvgIpc) is 2.70. The number of hydrogen-bond acceptors (Lipinski definition) is 3. The molecule has 0 radical (unpaired) electrons. The Morgan fingerprint density at radius 3 is 2.90 bits per heavy atom. The molecule has 0 N–H and O–H groups in total. The molecule has 1 unspecified atom stereocenters. The van der Waals surface area contributed by atoms with Gasteiger partial charge in [-0.1, -0.05) is 30.5 Å². The lowest BCUT2D eigenvalue weighted by Gasteiger charge is -2.16. The predicted octanol–water partition coefficient (Wildman–Crippen LogP) is 4.37. The van der Waals surface area contributed by atoms with Gasteiger partial charge < -0.3 is 9.47 Å². The Kier molecular flexibility index (Phi) is 6.52. The first-order valence-corrected chi connectivity index (χ1v) is 8.04. The van der Waals surface area contributed by atoms with E-state index >= 15 is 0 Å². The first kappa shape index (κ1) is 16.3. The lowest BCUT2D eigenvalue weighted by atomic mass is 9.90. The molecule has 1 saturated carbocycles. The number of carbonyl (C=O) groups excluding carboxylic acids is 1. The average molecular weight is 311 g/mol. The standard InChI is InChI=1S/C17H23ClO3/c1-20-10-5-11-21-17-12-13(8-9-15(17)18)14-6-3-2-4-7-16(14)19/h8-9,12,14H,2-7,10-11H2,1H3. The smallest absolute Gasteiger partial charge is 0.140 e. The maximum atomic E-state index is 12.2. The van der Waals surface area contributed by atoms with E-state index in [1.54, 1.807) is 7.11 Å². The van der Waals surface area contributed by atoms with E-state index in [9.17, 15) is 4.79 Å². The molecule has 1 fully saturated rings. The van der Waals surface area contributed by atoms with Crippen LogP contribution in [0, 0.1) is 0 Å². The van der Waals surface area contributed by atoms with E-state index in [-0.39, 0.29) is 5.92 Å². The maximum absolute atomic E-state index is 12.2. The molecule has 21 heavy (non-hydrogen) atoms. The third-order valence-corrected chi connectivity index (χ3v) is 4.22. The Balaban J connectivity index is 2.07. The van der Waals surface area contributed by atoms with E-state index in [1.807, 2.05) is 18.2 Å². The van der Waals surface area contributed by atoms with Crippen molar-refractivity contribution in [2.24, 2.45) is 0 Å². The van der Waals surface area contributed by atoms with Crippen LogP contribution in [0.2, 0.25) is 5.02 Å². The van der Waals surface area contributed by atoms with Crippen molar-refractivity contribution in [2.75, 3.05) is 20.3 Å². The minimum absolute atomic E-state index is 0.00564. The summed E-state index contributed by atoms with van der Waals surface area (Å²) in [6, 6.07) is 5.72. The zero-order valence-corrected chi connectivity index (χ0v) is 13.3. The lowest BCUT2D eigenvalue weighted by molar-refractivity contribution is -0.120. The molecule has 1 aromatic rings. The highest BCUT2D eigenvalue weighted by molar-refractivity contribution is 6.32. The molecule has 1 aliphatic rings. The number of hydrogen-bond donors (Lipinski definition) is 0. The van der Waals surface area contributed by atoms with Gasteiger partial charge >= 0.3 is 0 Å². The summed E-state index contributed by atoms with van der Waals surface area (Å²) >= 11 is 6.18. The van der Waals surface area contributed by atoms with E-state index in [0.29, 0.717) is 36.2 Å². The van der Waals surface area contributed by atoms with Gasteiger partial charge in [0.2, 0.25) is 0 Å². The van der Waals surface area contributed by atoms with Gasteiger partial charge in [-0.25, -0.2) is 0 Å². The van der Waals surface area contributed by atoms with Crippen LogP contribution in [0.5, 0.6) is 5.75 Å². The predicted molar refractivity (Wildman–Crippen MR) is 84.3 cm³/mol. The molecular formula is C17H23ClO3. The molecule has 1 aromatic carbocycles. The van der Waals surface area contributed by atoms with Gasteiger partial charge in [0, 0.05) is 32.5 Å². The summed E-state index contributed by atoms with van der Waals surface area (Å²) in [7, 11) is 1.67. The molecule has 0 saturated heterocycles. The van der Waals surface area contributed by atoms with Gasteiger partial charge in [-0.15, -0.1) is 0 Å². The second kappa shape index (κ2) is 8.40. The van der Waals surface area contributed by atoms with E-state index in [1.165, 1.54) is 0 Å². The minimum Gasteiger partial charge on any atom is -0.492 e. The van der Waals surface area contributed by atoms with Gasteiger partial charge in [0.1, 0.15) is 11.5 Å². The van der Waals surface area contributed by atoms with Crippen LogP contribution in [-0.2, 0) is 9.53 Å². The molecule has 0 heterocycles. The number of rotatable bonds is 6. The highest BCUT2D eigenvalue weighted by Gasteiger charge is 2.23. The van der Waals surface area contributed by atoms with Gasteiger partial charge in [-0.3, -0.25) is 4.79 Å². The van der Waals surface area contributed by atoms with Crippen molar-refractivity contribution in [3.05, 3.63) is 28.8 Å². The molecule has 4 heteroatoms. The van der Waals surface area contributed by atoms with Crippen molar-refractivity contribution in [1.82, 2.24) is 0 Å². The zero-order chi connectivity index (χ0) is 15.1. The van der Waals surface area contributed by atoms with Crippen LogP contribution in [0.3, 0.4) is 0 Å². The summed E-state index contributed by atoms with van der Waals surface area (Å²) in [4.78, 5) is 12.2.